The van der Waals surface area contributed by atoms with Gasteiger partial charge < -0.3 is 25.0 Å². The van der Waals surface area contributed by atoms with Gasteiger partial charge >= 0.3 is 0 Å². The first kappa shape index (κ1) is 24.9. The van der Waals surface area contributed by atoms with Crippen molar-refractivity contribution in [2.24, 2.45) is 7.05 Å². The Kier molecular flexibility index (Phi) is 9.55. The van der Waals surface area contributed by atoms with Crippen molar-refractivity contribution < 1.29 is 14.3 Å². The number of rotatable bonds is 7. The van der Waals surface area contributed by atoms with Crippen LogP contribution < -0.4 is 25.0 Å². The lowest BCUT2D eigenvalue weighted by Gasteiger charge is -2.22. The fraction of sp³-hybridized carbons (Fsp3) is 0.474. The van der Waals surface area contributed by atoms with Crippen molar-refractivity contribution in [2.75, 3.05) is 39.3 Å². The fourth-order valence-corrected chi connectivity index (χ4v) is 3.41. The predicted octanol–water partition coefficient (Wildman–Crippen LogP) is 1.94. The molecule has 1 aromatic heterocycles. The summed E-state index contributed by atoms with van der Waals surface area (Å²) < 4.78 is 12.4. The van der Waals surface area contributed by atoms with E-state index in [1.165, 1.54) is 0 Å². The van der Waals surface area contributed by atoms with Gasteiger partial charge in [0.1, 0.15) is 17.5 Å². The van der Waals surface area contributed by atoms with Crippen molar-refractivity contribution in [3.63, 3.8) is 0 Å². The first-order valence-corrected chi connectivity index (χ1v) is 8.98. The molecule has 0 aliphatic carbocycles. The van der Waals surface area contributed by atoms with E-state index >= 15 is 0 Å². The maximum Gasteiger partial charge on any atom is 0.242 e. The van der Waals surface area contributed by atoms with E-state index in [0.29, 0.717) is 0 Å². The van der Waals surface area contributed by atoms with E-state index in [-0.39, 0.29) is 36.8 Å². The molecule has 2 unspecified atom stereocenters. The number of benzene rings is 1. The number of amides is 1. The molecular formula is C19H29Cl2N5O3. The Morgan fingerprint density at radius 3 is 2.38 bits per heavy atom. The number of likely N-dealkylation sites (N-methyl/N-ethyl adjacent to an activating group) is 1. The third-order valence-corrected chi connectivity index (χ3v) is 4.85. The summed E-state index contributed by atoms with van der Waals surface area (Å²) in [7, 11) is 6.90. The molecule has 2 N–H and O–H groups in total. The van der Waals surface area contributed by atoms with Crippen LogP contribution in [-0.2, 0) is 11.8 Å². The summed E-state index contributed by atoms with van der Waals surface area (Å²) in [4.78, 5) is 14.9. The summed E-state index contributed by atoms with van der Waals surface area (Å²) in [5, 5.41) is 10.4. The van der Waals surface area contributed by atoms with Crippen LogP contribution in [0.5, 0.6) is 11.5 Å². The van der Waals surface area contributed by atoms with E-state index in [9.17, 15) is 4.79 Å². The summed E-state index contributed by atoms with van der Waals surface area (Å²) in [6.07, 6.45) is 4.45. The van der Waals surface area contributed by atoms with Gasteiger partial charge in [-0.3, -0.25) is 9.48 Å². The van der Waals surface area contributed by atoms with Crippen molar-refractivity contribution in [3.8, 4) is 11.5 Å². The Morgan fingerprint density at radius 2 is 1.86 bits per heavy atom. The van der Waals surface area contributed by atoms with Crippen LogP contribution in [0.15, 0.2) is 30.6 Å². The molecule has 0 radical (unpaired) electrons. The van der Waals surface area contributed by atoms with E-state index in [0.717, 1.165) is 42.3 Å². The highest BCUT2D eigenvalue weighted by molar-refractivity contribution is 5.85. The minimum Gasteiger partial charge on any atom is -0.497 e. The molecule has 1 amide bonds. The summed E-state index contributed by atoms with van der Waals surface area (Å²) in [5.74, 6) is 1.47. The van der Waals surface area contributed by atoms with Gasteiger partial charge in [0.05, 0.1) is 20.4 Å². The molecule has 1 saturated heterocycles. The Hall–Kier alpha value is -2.16. The van der Waals surface area contributed by atoms with E-state index in [4.69, 9.17) is 9.47 Å². The first-order valence-electron chi connectivity index (χ1n) is 8.98. The van der Waals surface area contributed by atoms with Crippen LogP contribution in [0.2, 0.25) is 0 Å². The number of hydrogen-bond donors (Lipinski definition) is 2. The Morgan fingerprint density at radius 1 is 1.21 bits per heavy atom. The normalized spacial score (nSPS) is 16.4. The van der Waals surface area contributed by atoms with Crippen LogP contribution >= 0.6 is 24.8 Å². The Balaban J connectivity index is 0.00000210. The average molecular weight is 446 g/mol. The molecule has 0 saturated carbocycles. The van der Waals surface area contributed by atoms with Crippen molar-refractivity contribution in [1.82, 2.24) is 20.4 Å². The summed E-state index contributed by atoms with van der Waals surface area (Å²) in [5.41, 5.74) is 1.88. The van der Waals surface area contributed by atoms with Crippen LogP contribution in [0.3, 0.4) is 0 Å². The SMILES string of the molecule is CNC(C(=O)NC1CCN(c2cc(OC)cc(OC)c2)C1)c1cnn(C)c1.Cl.Cl. The van der Waals surface area contributed by atoms with Gasteiger partial charge in [-0.1, -0.05) is 0 Å². The second kappa shape index (κ2) is 11.1. The number of ether oxygens (including phenoxy) is 2. The molecule has 10 heteroatoms. The summed E-state index contributed by atoms with van der Waals surface area (Å²) in [6.45, 7) is 1.60. The van der Waals surface area contributed by atoms with Gasteiger partial charge in [0.25, 0.3) is 0 Å². The molecule has 2 aromatic rings. The standard InChI is InChI=1S/C19H27N5O3.2ClH/c1-20-18(13-10-21-23(2)11-13)19(25)22-14-5-6-24(12-14)15-7-16(26-3)9-17(8-15)27-4;;/h7-11,14,18,20H,5-6,12H2,1-4H3,(H,22,25);2*1H. The van der Waals surface area contributed by atoms with E-state index in [1.807, 2.05) is 31.4 Å². The third kappa shape index (κ3) is 5.91. The smallest absolute Gasteiger partial charge is 0.242 e. The maximum atomic E-state index is 12.7. The number of hydrogen-bond acceptors (Lipinski definition) is 6. The van der Waals surface area contributed by atoms with Gasteiger partial charge in [0.15, 0.2) is 0 Å². The van der Waals surface area contributed by atoms with Crippen LogP contribution in [0.25, 0.3) is 0 Å². The molecule has 1 aliphatic rings. The van der Waals surface area contributed by atoms with Crippen molar-refractivity contribution >= 4 is 36.4 Å². The predicted molar refractivity (Wildman–Crippen MR) is 118 cm³/mol. The minimum absolute atomic E-state index is 0. The number of halogens is 2. The van der Waals surface area contributed by atoms with Gasteiger partial charge in [-0.05, 0) is 13.5 Å². The zero-order chi connectivity index (χ0) is 19.4. The van der Waals surface area contributed by atoms with Crippen LogP contribution in [0.4, 0.5) is 5.69 Å². The summed E-state index contributed by atoms with van der Waals surface area (Å²) in [6, 6.07) is 5.49. The van der Waals surface area contributed by atoms with E-state index < -0.39 is 6.04 Å². The monoisotopic (exact) mass is 445 g/mol. The molecule has 2 atom stereocenters. The average Bonchev–Trinajstić information content (AvgIpc) is 3.31. The molecule has 8 nitrogen and oxygen atoms in total. The minimum atomic E-state index is -0.412. The highest BCUT2D eigenvalue weighted by Gasteiger charge is 2.28. The fourth-order valence-electron chi connectivity index (χ4n) is 3.41. The van der Waals surface area contributed by atoms with Crippen LogP contribution in [-0.4, -0.2) is 56.1 Å². The number of carbonyl (C=O) groups is 1. The number of nitrogens with one attached hydrogen (secondary N) is 2. The largest absolute Gasteiger partial charge is 0.497 e. The zero-order valence-corrected chi connectivity index (χ0v) is 18.7. The highest BCUT2D eigenvalue weighted by Crippen LogP contribution is 2.30. The van der Waals surface area contributed by atoms with Gasteiger partial charge in [0.2, 0.25) is 5.91 Å². The molecule has 0 spiro atoms. The third-order valence-electron chi connectivity index (χ3n) is 4.85. The van der Waals surface area contributed by atoms with E-state index in [2.05, 4.69) is 20.6 Å². The molecule has 1 fully saturated rings. The zero-order valence-electron chi connectivity index (χ0n) is 17.0. The second-order valence-corrected chi connectivity index (χ2v) is 6.68. The molecule has 29 heavy (non-hydrogen) atoms. The molecule has 1 aliphatic heterocycles. The van der Waals surface area contributed by atoms with Crippen molar-refractivity contribution in [2.45, 2.75) is 18.5 Å². The number of aromatic nitrogens is 2. The quantitative estimate of drug-likeness (QED) is 0.677. The Labute approximate surface area is 183 Å². The molecule has 2 heterocycles. The molecular weight excluding hydrogens is 417 g/mol. The molecule has 162 valence electrons. The van der Waals surface area contributed by atoms with Crippen molar-refractivity contribution in [3.05, 3.63) is 36.2 Å². The van der Waals surface area contributed by atoms with Crippen molar-refractivity contribution in [1.29, 1.82) is 0 Å². The number of methoxy groups -OCH3 is 2. The lowest BCUT2D eigenvalue weighted by molar-refractivity contribution is -0.123. The lowest BCUT2D eigenvalue weighted by Crippen LogP contribution is -2.43. The molecule has 0 bridgehead atoms. The van der Waals surface area contributed by atoms with Crippen LogP contribution in [0, 0.1) is 0 Å². The number of carbonyl (C=O) groups excluding carboxylic acids is 1. The molecule has 1 aromatic carbocycles. The highest BCUT2D eigenvalue weighted by atomic mass is 35.5. The Bertz CT molecular complexity index is 780. The van der Waals surface area contributed by atoms with Gasteiger partial charge in [0, 0.05) is 61.8 Å². The van der Waals surface area contributed by atoms with E-state index in [1.54, 1.807) is 32.1 Å². The first-order chi connectivity index (χ1) is 13.0. The maximum absolute atomic E-state index is 12.7. The topological polar surface area (TPSA) is 80.7 Å². The van der Waals surface area contributed by atoms with Gasteiger partial charge in [-0.25, -0.2) is 0 Å². The van der Waals surface area contributed by atoms with Gasteiger partial charge in [-0.2, -0.15) is 5.10 Å². The molecule has 3 rings (SSSR count). The number of aryl methyl sites for hydroxylation is 1. The number of anilines is 1. The van der Waals surface area contributed by atoms with Crippen LogP contribution in [0.1, 0.15) is 18.0 Å². The summed E-state index contributed by atoms with van der Waals surface area (Å²) >= 11 is 0. The second-order valence-electron chi connectivity index (χ2n) is 6.68. The lowest BCUT2D eigenvalue weighted by atomic mass is 10.1. The van der Waals surface area contributed by atoms with Gasteiger partial charge in [-0.15, -0.1) is 24.8 Å². The number of nitrogens with zero attached hydrogens (tertiary/aromatic N) is 3.